The van der Waals surface area contributed by atoms with Crippen molar-refractivity contribution in [3.63, 3.8) is 0 Å². The number of piperidine rings is 1. The summed E-state index contributed by atoms with van der Waals surface area (Å²) in [6.07, 6.45) is 2.32. The van der Waals surface area contributed by atoms with Crippen LogP contribution in [0.1, 0.15) is 29.6 Å². The minimum atomic E-state index is -0.440. The van der Waals surface area contributed by atoms with Crippen molar-refractivity contribution in [1.82, 2.24) is 0 Å². The van der Waals surface area contributed by atoms with Crippen LogP contribution < -0.4 is 15.0 Å². The number of hydrogen-bond acceptors (Lipinski definition) is 4. The number of carbonyl (C=O) groups excluding carboxylic acids is 2. The first-order chi connectivity index (χ1) is 12.5. The van der Waals surface area contributed by atoms with E-state index < -0.39 is 5.91 Å². The second-order valence-electron chi connectivity index (χ2n) is 6.00. The molecule has 2 aromatic rings. The highest BCUT2D eigenvalue weighted by atomic mass is 79.9. The van der Waals surface area contributed by atoms with Crippen molar-refractivity contribution in [3.05, 3.63) is 46.4 Å². The van der Waals surface area contributed by atoms with Gasteiger partial charge in [-0.25, -0.2) is 0 Å². The number of carbonyl (C=O) groups is 2. The molecule has 0 unspecified atom stereocenters. The van der Waals surface area contributed by atoms with E-state index in [-0.39, 0.29) is 17.2 Å². The van der Waals surface area contributed by atoms with Gasteiger partial charge in [0.1, 0.15) is 11.5 Å². The molecule has 0 spiro atoms. The number of halogens is 1. The summed E-state index contributed by atoms with van der Waals surface area (Å²) in [6, 6.07) is 9.78. The third-order valence-corrected chi connectivity index (χ3v) is 4.75. The molecule has 2 amide bonds. The second-order valence-corrected chi connectivity index (χ2v) is 6.92. The lowest BCUT2D eigenvalue weighted by Crippen LogP contribution is -2.35. The maximum absolute atomic E-state index is 12.5. The Hall–Kier alpha value is -2.54. The summed E-state index contributed by atoms with van der Waals surface area (Å²) >= 11 is 3.29. The van der Waals surface area contributed by atoms with Crippen molar-refractivity contribution < 1.29 is 19.4 Å². The maximum atomic E-state index is 12.5. The van der Waals surface area contributed by atoms with Crippen molar-refractivity contribution in [1.29, 1.82) is 0 Å². The highest BCUT2D eigenvalue weighted by Crippen LogP contribution is 2.34. The van der Waals surface area contributed by atoms with E-state index in [9.17, 15) is 14.7 Å². The normalized spacial score (nSPS) is 14.2. The first-order valence-electron chi connectivity index (χ1n) is 8.28. The van der Waals surface area contributed by atoms with E-state index in [0.29, 0.717) is 34.6 Å². The van der Waals surface area contributed by atoms with Crippen LogP contribution in [0.15, 0.2) is 40.9 Å². The van der Waals surface area contributed by atoms with E-state index in [1.54, 1.807) is 42.3 Å². The van der Waals surface area contributed by atoms with E-state index >= 15 is 0 Å². The van der Waals surface area contributed by atoms with Gasteiger partial charge in [0.25, 0.3) is 5.91 Å². The maximum Gasteiger partial charge on any atom is 0.259 e. The number of nitrogens with zero attached hydrogens (tertiary/aromatic N) is 1. The zero-order valence-electron chi connectivity index (χ0n) is 14.3. The van der Waals surface area contributed by atoms with Crippen LogP contribution in [0.4, 0.5) is 11.4 Å². The average molecular weight is 419 g/mol. The van der Waals surface area contributed by atoms with Crippen molar-refractivity contribution in [3.8, 4) is 11.5 Å². The molecule has 0 aliphatic carbocycles. The smallest absolute Gasteiger partial charge is 0.259 e. The lowest BCUT2D eigenvalue weighted by atomic mass is 10.1. The van der Waals surface area contributed by atoms with Crippen LogP contribution >= 0.6 is 15.9 Å². The molecule has 1 aliphatic rings. The van der Waals surface area contributed by atoms with Crippen LogP contribution in [0.25, 0.3) is 0 Å². The number of benzene rings is 2. The first-order valence-corrected chi connectivity index (χ1v) is 9.07. The fourth-order valence-corrected chi connectivity index (χ4v) is 3.29. The van der Waals surface area contributed by atoms with Crippen molar-refractivity contribution >= 4 is 39.1 Å². The number of phenols is 1. The zero-order valence-corrected chi connectivity index (χ0v) is 15.9. The van der Waals surface area contributed by atoms with Gasteiger partial charge in [0, 0.05) is 23.1 Å². The minimum Gasteiger partial charge on any atom is -0.507 e. The Bertz CT molecular complexity index is 853. The Morgan fingerprint density at radius 2 is 2.04 bits per heavy atom. The molecule has 7 heteroatoms. The molecule has 1 heterocycles. The molecule has 2 aromatic carbocycles. The van der Waals surface area contributed by atoms with Gasteiger partial charge in [-0.15, -0.1) is 0 Å². The Morgan fingerprint density at radius 3 is 2.77 bits per heavy atom. The monoisotopic (exact) mass is 418 g/mol. The summed E-state index contributed by atoms with van der Waals surface area (Å²) in [5.74, 6) is 0.0711. The summed E-state index contributed by atoms with van der Waals surface area (Å²) in [7, 11) is 1.55. The van der Waals surface area contributed by atoms with Gasteiger partial charge in [0.2, 0.25) is 5.91 Å². The fraction of sp³-hybridized carbons (Fsp3) is 0.263. The highest BCUT2D eigenvalue weighted by molar-refractivity contribution is 9.10. The molecule has 1 fully saturated rings. The molecular weight excluding hydrogens is 400 g/mol. The predicted molar refractivity (Wildman–Crippen MR) is 103 cm³/mol. The van der Waals surface area contributed by atoms with E-state index in [0.717, 1.165) is 12.8 Å². The third kappa shape index (κ3) is 3.83. The quantitative estimate of drug-likeness (QED) is 0.787. The Morgan fingerprint density at radius 1 is 1.23 bits per heavy atom. The molecule has 0 saturated carbocycles. The number of amides is 2. The number of phenolic OH excluding ortho intramolecular Hbond substituents is 1. The molecule has 136 valence electrons. The summed E-state index contributed by atoms with van der Waals surface area (Å²) in [6.45, 7) is 0.624. The molecule has 0 bridgehead atoms. The largest absolute Gasteiger partial charge is 0.507 e. The molecule has 3 rings (SSSR count). The predicted octanol–water partition coefficient (Wildman–Crippen LogP) is 3.93. The van der Waals surface area contributed by atoms with Gasteiger partial charge in [-0.1, -0.05) is 15.9 Å². The minimum absolute atomic E-state index is 0.0441. The zero-order chi connectivity index (χ0) is 18.7. The number of aromatic hydroxyl groups is 1. The van der Waals surface area contributed by atoms with Crippen LogP contribution in [0.5, 0.6) is 11.5 Å². The Balaban J connectivity index is 1.89. The van der Waals surface area contributed by atoms with Crippen LogP contribution in [0.2, 0.25) is 0 Å². The molecule has 6 nitrogen and oxygen atoms in total. The summed E-state index contributed by atoms with van der Waals surface area (Å²) in [5, 5.41) is 12.7. The van der Waals surface area contributed by atoms with Crippen LogP contribution in [0, 0.1) is 0 Å². The Labute approximate surface area is 159 Å². The van der Waals surface area contributed by atoms with E-state index in [4.69, 9.17) is 4.74 Å². The SMILES string of the molecule is COc1ccc(NC(=O)c2cc(Br)ccc2O)cc1N1CCCCC1=O. The Kier molecular flexibility index (Phi) is 5.46. The molecule has 0 aromatic heterocycles. The molecular formula is C19H19BrN2O4. The number of rotatable bonds is 4. The van der Waals surface area contributed by atoms with Gasteiger partial charge >= 0.3 is 0 Å². The molecule has 2 N–H and O–H groups in total. The summed E-state index contributed by atoms with van der Waals surface area (Å²) in [5.41, 5.74) is 1.31. The van der Waals surface area contributed by atoms with Crippen LogP contribution in [-0.2, 0) is 4.79 Å². The molecule has 1 aliphatic heterocycles. The lowest BCUT2D eigenvalue weighted by molar-refractivity contribution is -0.119. The molecule has 1 saturated heterocycles. The van der Waals surface area contributed by atoms with Crippen LogP contribution in [-0.4, -0.2) is 30.6 Å². The number of nitrogens with one attached hydrogen (secondary N) is 1. The van der Waals surface area contributed by atoms with Crippen molar-refractivity contribution in [2.75, 3.05) is 23.9 Å². The van der Waals surface area contributed by atoms with Crippen LogP contribution in [0.3, 0.4) is 0 Å². The summed E-state index contributed by atoms with van der Waals surface area (Å²) in [4.78, 5) is 26.4. The molecule has 26 heavy (non-hydrogen) atoms. The fourth-order valence-electron chi connectivity index (χ4n) is 2.93. The van der Waals surface area contributed by atoms with Gasteiger partial charge in [0.05, 0.1) is 18.4 Å². The second kappa shape index (κ2) is 7.78. The topological polar surface area (TPSA) is 78.9 Å². The van der Waals surface area contributed by atoms with Crippen molar-refractivity contribution in [2.45, 2.75) is 19.3 Å². The summed E-state index contributed by atoms with van der Waals surface area (Å²) < 4.78 is 6.06. The van der Waals surface area contributed by atoms with Gasteiger partial charge in [-0.05, 0) is 49.2 Å². The molecule has 0 atom stereocenters. The number of methoxy groups -OCH3 is 1. The van der Waals surface area contributed by atoms with Gasteiger partial charge in [-0.3, -0.25) is 9.59 Å². The third-order valence-electron chi connectivity index (χ3n) is 4.25. The van der Waals surface area contributed by atoms with E-state index in [1.165, 1.54) is 6.07 Å². The van der Waals surface area contributed by atoms with E-state index in [2.05, 4.69) is 21.2 Å². The number of anilines is 2. The van der Waals surface area contributed by atoms with Gasteiger partial charge in [-0.2, -0.15) is 0 Å². The average Bonchev–Trinajstić information content (AvgIpc) is 2.64. The highest BCUT2D eigenvalue weighted by Gasteiger charge is 2.23. The molecule has 0 radical (unpaired) electrons. The van der Waals surface area contributed by atoms with Crippen molar-refractivity contribution in [2.24, 2.45) is 0 Å². The first kappa shape index (κ1) is 18.3. The van der Waals surface area contributed by atoms with Gasteiger partial charge in [0.15, 0.2) is 0 Å². The van der Waals surface area contributed by atoms with E-state index in [1.807, 2.05) is 0 Å². The van der Waals surface area contributed by atoms with Gasteiger partial charge < -0.3 is 20.1 Å². The number of ether oxygens (including phenoxy) is 1. The number of hydrogen-bond donors (Lipinski definition) is 2. The lowest BCUT2D eigenvalue weighted by Gasteiger charge is -2.28. The standard InChI is InChI=1S/C19H19BrN2O4/c1-26-17-8-6-13(11-15(17)22-9-3-2-4-18(22)24)21-19(25)14-10-12(20)5-7-16(14)23/h5-8,10-11,23H,2-4,9H2,1H3,(H,21,25).